The van der Waals surface area contributed by atoms with Crippen LogP contribution in [0.5, 0.6) is 5.75 Å². The number of benzene rings is 2. The Morgan fingerprint density at radius 1 is 1.11 bits per heavy atom. The van der Waals surface area contributed by atoms with Crippen LogP contribution in [0.2, 0.25) is 0 Å². The van der Waals surface area contributed by atoms with Crippen LogP contribution in [-0.4, -0.2) is 77.1 Å². The smallest absolute Gasteiger partial charge is 0.303 e. The Bertz CT molecular complexity index is 1200. The maximum absolute atomic E-state index is 13.9. The summed E-state index contributed by atoms with van der Waals surface area (Å²) in [6.07, 6.45) is 1.87. The topological polar surface area (TPSA) is 79.3 Å². The lowest BCUT2D eigenvalue weighted by atomic mass is 10.0. The van der Waals surface area contributed by atoms with Crippen LogP contribution in [0.4, 0.5) is 8.78 Å². The number of hydrogen-bond donors (Lipinski definition) is 1. The Morgan fingerprint density at radius 2 is 1.84 bits per heavy atom. The van der Waals surface area contributed by atoms with Gasteiger partial charge in [0.1, 0.15) is 28.3 Å². The molecule has 0 spiro atoms. The number of aliphatic carboxylic acids is 1. The van der Waals surface area contributed by atoms with Gasteiger partial charge in [0.2, 0.25) is 0 Å². The highest BCUT2D eigenvalue weighted by Gasteiger charge is 2.32. The first-order valence-corrected chi connectivity index (χ1v) is 13.0. The molecule has 2 aromatic rings. The van der Waals surface area contributed by atoms with Gasteiger partial charge < -0.3 is 14.6 Å². The minimum Gasteiger partial charge on any atom is -0.492 e. The fraction of sp³-hybridized carbons (Fsp3) is 0.346. The number of carbonyl (C=O) groups is 2. The molecule has 4 rings (SSSR count). The molecule has 0 aromatic heterocycles. The van der Waals surface area contributed by atoms with Gasteiger partial charge in [0.15, 0.2) is 0 Å². The third-order valence-electron chi connectivity index (χ3n) is 5.91. The van der Waals surface area contributed by atoms with E-state index in [1.54, 1.807) is 24.3 Å². The number of rotatable bonds is 10. The van der Waals surface area contributed by atoms with Crippen molar-refractivity contribution >= 4 is 46.3 Å². The maximum Gasteiger partial charge on any atom is 0.303 e. The van der Waals surface area contributed by atoms with Crippen LogP contribution in [0.15, 0.2) is 41.3 Å². The van der Waals surface area contributed by atoms with Crippen LogP contribution in [-0.2, 0) is 14.3 Å². The van der Waals surface area contributed by atoms with Crippen LogP contribution < -0.4 is 4.74 Å². The van der Waals surface area contributed by atoms with Gasteiger partial charge in [-0.3, -0.25) is 19.4 Å². The number of ether oxygens (including phenoxy) is 2. The number of thioether (sulfide) groups is 1. The fourth-order valence-electron chi connectivity index (χ4n) is 4.02. The number of carboxylic acid groups (broad SMARTS) is 1. The Morgan fingerprint density at radius 3 is 2.54 bits per heavy atom. The monoisotopic (exact) mass is 548 g/mol. The summed E-state index contributed by atoms with van der Waals surface area (Å²) in [4.78, 5) is 27.8. The zero-order valence-corrected chi connectivity index (χ0v) is 21.6. The van der Waals surface area contributed by atoms with Crippen LogP contribution in [0.3, 0.4) is 0 Å². The number of morpholine rings is 1. The van der Waals surface area contributed by atoms with E-state index in [0.29, 0.717) is 58.0 Å². The Labute approximate surface area is 223 Å². The van der Waals surface area contributed by atoms with E-state index in [1.165, 1.54) is 17.0 Å². The van der Waals surface area contributed by atoms with Crippen LogP contribution in [0, 0.1) is 11.6 Å². The summed E-state index contributed by atoms with van der Waals surface area (Å²) in [7, 11) is 0. The van der Waals surface area contributed by atoms with Crippen molar-refractivity contribution in [2.75, 3.05) is 46.0 Å². The van der Waals surface area contributed by atoms with Crippen molar-refractivity contribution in [2.45, 2.75) is 12.8 Å². The number of hydrogen-bond acceptors (Lipinski definition) is 7. The predicted octanol–water partition coefficient (Wildman–Crippen LogP) is 4.41. The average Bonchev–Trinajstić information content (AvgIpc) is 3.12. The molecule has 2 aromatic carbocycles. The highest BCUT2D eigenvalue weighted by Crippen LogP contribution is 2.36. The Balaban J connectivity index is 1.58. The molecular weight excluding hydrogens is 522 g/mol. The molecule has 7 nitrogen and oxygen atoms in total. The Hall–Kier alpha value is -2.86. The molecule has 0 radical (unpaired) electrons. The summed E-state index contributed by atoms with van der Waals surface area (Å²) in [6.45, 7) is 4.32. The molecule has 2 aliphatic rings. The standard InChI is InChI=1S/C26H26F2N2O5S2/c27-20-13-18(14-21(28)16-20)17-3-4-22(35-11-8-29-6-9-34-10-7-29)19(12-17)15-23-25(33)30(26(36)37-23)5-1-2-24(31)32/h3-4,12-16H,1-2,5-11H2,(H,31,32)/b23-15-. The number of amides is 1. The molecule has 0 bridgehead atoms. The van der Waals surface area contributed by atoms with Gasteiger partial charge in [0, 0.05) is 44.2 Å². The lowest BCUT2D eigenvalue weighted by Crippen LogP contribution is -2.38. The molecule has 2 heterocycles. The fourth-order valence-corrected chi connectivity index (χ4v) is 5.32. The molecule has 1 N–H and O–H groups in total. The second-order valence-electron chi connectivity index (χ2n) is 8.54. The first kappa shape index (κ1) is 27.2. The zero-order valence-electron chi connectivity index (χ0n) is 20.0. The normalized spacial score (nSPS) is 17.6. The highest BCUT2D eigenvalue weighted by atomic mass is 32.2. The minimum atomic E-state index is -0.939. The molecule has 1 amide bonds. The molecule has 0 atom stereocenters. The molecule has 2 fully saturated rings. The lowest BCUT2D eigenvalue weighted by molar-refractivity contribution is -0.137. The van der Waals surface area contributed by atoms with E-state index in [4.69, 9.17) is 26.8 Å². The van der Waals surface area contributed by atoms with E-state index in [-0.39, 0.29) is 25.3 Å². The van der Waals surface area contributed by atoms with E-state index < -0.39 is 17.6 Å². The number of thiocarbonyl (C=S) groups is 1. The van der Waals surface area contributed by atoms with Gasteiger partial charge in [-0.25, -0.2) is 8.78 Å². The second-order valence-corrected chi connectivity index (χ2v) is 10.2. The van der Waals surface area contributed by atoms with Gasteiger partial charge in [-0.2, -0.15) is 0 Å². The molecular formula is C26H26F2N2O5S2. The summed E-state index contributed by atoms with van der Waals surface area (Å²) < 4.78 is 39.5. The van der Waals surface area contributed by atoms with Crippen LogP contribution >= 0.6 is 24.0 Å². The Kier molecular flexibility index (Phi) is 9.25. The van der Waals surface area contributed by atoms with Gasteiger partial charge >= 0.3 is 5.97 Å². The number of carboxylic acids is 1. The minimum absolute atomic E-state index is 0.0660. The number of nitrogens with zero attached hydrogens (tertiary/aromatic N) is 2. The molecule has 2 aliphatic heterocycles. The molecule has 37 heavy (non-hydrogen) atoms. The van der Waals surface area contributed by atoms with E-state index in [1.807, 2.05) is 0 Å². The average molecular weight is 549 g/mol. The summed E-state index contributed by atoms with van der Waals surface area (Å²) in [6, 6.07) is 8.44. The SMILES string of the molecule is O=C(O)CCCN1C(=O)/C(=C/c2cc(-c3cc(F)cc(F)c3)ccc2OCCN2CCOCC2)SC1=S. The van der Waals surface area contributed by atoms with Crippen molar-refractivity contribution in [3.63, 3.8) is 0 Å². The summed E-state index contributed by atoms with van der Waals surface area (Å²) in [5.41, 5.74) is 1.48. The predicted molar refractivity (Wildman–Crippen MR) is 141 cm³/mol. The van der Waals surface area contributed by atoms with E-state index in [9.17, 15) is 18.4 Å². The summed E-state index contributed by atoms with van der Waals surface area (Å²) in [5.74, 6) is -2.12. The van der Waals surface area contributed by atoms with Crippen LogP contribution in [0.1, 0.15) is 18.4 Å². The molecule has 0 aliphatic carbocycles. The quantitative estimate of drug-likeness (QED) is 0.346. The third kappa shape index (κ3) is 7.35. The zero-order chi connectivity index (χ0) is 26.4. The molecule has 0 saturated carbocycles. The van der Waals surface area contributed by atoms with E-state index in [0.717, 1.165) is 30.9 Å². The molecule has 0 unspecified atom stereocenters. The van der Waals surface area contributed by atoms with Crippen LogP contribution in [0.25, 0.3) is 17.2 Å². The van der Waals surface area contributed by atoms with Crippen molar-refractivity contribution in [3.05, 3.63) is 58.5 Å². The largest absolute Gasteiger partial charge is 0.492 e. The summed E-state index contributed by atoms with van der Waals surface area (Å²) in [5, 5.41) is 8.88. The van der Waals surface area contributed by atoms with Crippen molar-refractivity contribution in [1.82, 2.24) is 9.80 Å². The number of carbonyl (C=O) groups excluding carboxylic acids is 1. The highest BCUT2D eigenvalue weighted by molar-refractivity contribution is 8.26. The van der Waals surface area contributed by atoms with Gasteiger partial charge in [0.05, 0.1) is 18.1 Å². The van der Waals surface area contributed by atoms with Crippen molar-refractivity contribution in [3.8, 4) is 16.9 Å². The molecule has 2 saturated heterocycles. The van der Waals surface area contributed by atoms with E-state index >= 15 is 0 Å². The van der Waals surface area contributed by atoms with Gasteiger partial charge in [-0.15, -0.1) is 0 Å². The third-order valence-corrected chi connectivity index (χ3v) is 7.28. The van der Waals surface area contributed by atoms with Crippen molar-refractivity contribution in [1.29, 1.82) is 0 Å². The second kappa shape index (κ2) is 12.6. The van der Waals surface area contributed by atoms with Crippen molar-refractivity contribution < 1.29 is 33.0 Å². The maximum atomic E-state index is 13.9. The van der Waals surface area contributed by atoms with E-state index in [2.05, 4.69) is 4.90 Å². The molecule has 11 heteroatoms. The van der Waals surface area contributed by atoms with Gasteiger partial charge in [-0.1, -0.05) is 30.0 Å². The first-order chi connectivity index (χ1) is 17.8. The van der Waals surface area contributed by atoms with Gasteiger partial charge in [0.25, 0.3) is 5.91 Å². The van der Waals surface area contributed by atoms with Crippen molar-refractivity contribution in [2.24, 2.45) is 0 Å². The number of halogens is 2. The summed E-state index contributed by atoms with van der Waals surface area (Å²) >= 11 is 6.47. The lowest BCUT2D eigenvalue weighted by Gasteiger charge is -2.26. The van der Waals surface area contributed by atoms with Gasteiger partial charge in [-0.05, 0) is 47.9 Å². The molecule has 196 valence electrons. The first-order valence-electron chi connectivity index (χ1n) is 11.8.